The Kier molecular flexibility index (Phi) is 4.00. The fourth-order valence-corrected chi connectivity index (χ4v) is 3.18. The van der Waals surface area contributed by atoms with Crippen molar-refractivity contribution in [3.8, 4) is 0 Å². The van der Waals surface area contributed by atoms with E-state index in [1.165, 1.54) is 17.3 Å². The third-order valence-corrected chi connectivity index (χ3v) is 4.58. The topological polar surface area (TPSA) is 29.9 Å². The number of nitrogens with zero attached hydrogens (tertiary/aromatic N) is 2. The number of nitrogens with one attached hydrogen (secondary N) is 1. The van der Waals surface area contributed by atoms with Gasteiger partial charge < -0.3 is 5.32 Å². The minimum absolute atomic E-state index is 0.0629. The molecular weight excluding hydrogens is 289 g/mol. The molecule has 112 valence electrons. The third-order valence-electron chi connectivity index (χ3n) is 4.27. The molecule has 0 radical (unpaired) electrons. The Morgan fingerprint density at radius 2 is 2.29 bits per heavy atom. The van der Waals surface area contributed by atoms with Crippen LogP contribution < -0.4 is 5.32 Å². The summed E-state index contributed by atoms with van der Waals surface area (Å²) >= 11 is 5.74. The molecule has 21 heavy (non-hydrogen) atoms. The van der Waals surface area contributed by atoms with Crippen LogP contribution in [0.25, 0.3) is 0 Å². The van der Waals surface area contributed by atoms with Gasteiger partial charge in [-0.05, 0) is 43.9 Å². The van der Waals surface area contributed by atoms with E-state index in [9.17, 15) is 4.39 Å². The number of rotatable bonds is 3. The maximum absolute atomic E-state index is 13.6. The summed E-state index contributed by atoms with van der Waals surface area (Å²) in [7, 11) is 1.99. The highest BCUT2D eigenvalue weighted by Crippen LogP contribution is 2.31. The molecule has 0 aliphatic heterocycles. The van der Waals surface area contributed by atoms with Crippen LogP contribution >= 0.6 is 11.6 Å². The van der Waals surface area contributed by atoms with Crippen LogP contribution in [-0.4, -0.2) is 9.78 Å². The number of halogens is 2. The van der Waals surface area contributed by atoms with E-state index in [0.29, 0.717) is 0 Å². The van der Waals surface area contributed by atoms with E-state index in [-0.39, 0.29) is 22.9 Å². The molecule has 0 saturated carbocycles. The van der Waals surface area contributed by atoms with Crippen LogP contribution in [-0.2, 0) is 13.5 Å². The van der Waals surface area contributed by atoms with E-state index in [4.69, 9.17) is 11.6 Å². The molecule has 5 heteroatoms. The van der Waals surface area contributed by atoms with Crippen LogP contribution in [0.4, 0.5) is 4.39 Å². The second-order valence-corrected chi connectivity index (χ2v) is 6.08. The summed E-state index contributed by atoms with van der Waals surface area (Å²) in [5.41, 5.74) is 3.48. The van der Waals surface area contributed by atoms with Crippen molar-refractivity contribution in [1.82, 2.24) is 15.1 Å². The molecular formula is C16H19ClFN3. The quantitative estimate of drug-likeness (QED) is 0.931. The van der Waals surface area contributed by atoms with E-state index in [1.54, 1.807) is 6.07 Å². The molecule has 3 nitrogen and oxygen atoms in total. The van der Waals surface area contributed by atoms with Gasteiger partial charge in [0.2, 0.25) is 0 Å². The lowest BCUT2D eigenvalue weighted by molar-refractivity contribution is 0.410. The molecule has 0 amide bonds. The molecule has 1 N–H and O–H groups in total. The second-order valence-electron chi connectivity index (χ2n) is 5.68. The summed E-state index contributed by atoms with van der Waals surface area (Å²) < 4.78 is 15.5. The van der Waals surface area contributed by atoms with Gasteiger partial charge in [0.1, 0.15) is 5.82 Å². The van der Waals surface area contributed by atoms with Gasteiger partial charge in [-0.3, -0.25) is 4.68 Å². The summed E-state index contributed by atoms with van der Waals surface area (Å²) in [5.74, 6) is -0.367. The summed E-state index contributed by atoms with van der Waals surface area (Å²) in [4.78, 5) is 0. The maximum Gasteiger partial charge on any atom is 0.142 e. The van der Waals surface area contributed by atoms with Gasteiger partial charge in [0.05, 0.1) is 11.2 Å². The summed E-state index contributed by atoms with van der Waals surface area (Å²) in [6.45, 7) is 2.05. The first-order chi connectivity index (χ1) is 10.1. The average Bonchev–Trinajstić information content (AvgIpc) is 2.85. The van der Waals surface area contributed by atoms with Crippen LogP contribution in [0.2, 0.25) is 5.02 Å². The number of benzene rings is 1. The van der Waals surface area contributed by atoms with Crippen molar-refractivity contribution in [3.63, 3.8) is 0 Å². The minimum Gasteiger partial charge on any atom is -0.303 e. The Balaban J connectivity index is 1.79. The predicted octanol–water partition coefficient (Wildman–Crippen LogP) is 3.94. The van der Waals surface area contributed by atoms with Crippen molar-refractivity contribution in [3.05, 3.63) is 52.1 Å². The molecule has 1 aromatic heterocycles. The zero-order chi connectivity index (χ0) is 15.0. The monoisotopic (exact) mass is 307 g/mol. The summed E-state index contributed by atoms with van der Waals surface area (Å²) in [6, 6.07) is 5.33. The van der Waals surface area contributed by atoms with Crippen molar-refractivity contribution in [2.45, 2.75) is 38.3 Å². The highest BCUT2D eigenvalue weighted by atomic mass is 35.5. The molecule has 1 heterocycles. The smallest absolute Gasteiger partial charge is 0.142 e. The first-order valence-corrected chi connectivity index (χ1v) is 7.66. The van der Waals surface area contributed by atoms with Gasteiger partial charge in [-0.2, -0.15) is 5.10 Å². The van der Waals surface area contributed by atoms with Gasteiger partial charge in [-0.15, -0.1) is 0 Å². The second kappa shape index (κ2) is 5.78. The van der Waals surface area contributed by atoms with Crippen molar-refractivity contribution >= 4 is 11.6 Å². The van der Waals surface area contributed by atoms with Crippen LogP contribution in [0.15, 0.2) is 24.4 Å². The third kappa shape index (κ3) is 2.83. The van der Waals surface area contributed by atoms with Crippen molar-refractivity contribution < 1.29 is 4.39 Å². The summed E-state index contributed by atoms with van der Waals surface area (Å²) in [6.07, 6.45) is 5.25. The van der Waals surface area contributed by atoms with E-state index in [1.807, 2.05) is 30.9 Å². The lowest BCUT2D eigenvalue weighted by atomic mass is 9.92. The molecule has 2 atom stereocenters. The normalized spacial score (nSPS) is 19.3. The largest absolute Gasteiger partial charge is 0.303 e. The molecule has 0 bridgehead atoms. The standard InChI is InChI=1S/C16H19ClFN3/c1-10(11-6-7-13(17)14(18)8-11)20-15-4-3-5-16-12(15)9-19-21(16)2/h6-10,15,20H,3-5H2,1-2H3. The highest BCUT2D eigenvalue weighted by molar-refractivity contribution is 6.30. The Morgan fingerprint density at radius 3 is 3.05 bits per heavy atom. The fraction of sp³-hybridized carbons (Fsp3) is 0.438. The Bertz CT molecular complexity index is 653. The molecule has 1 aliphatic carbocycles. The van der Waals surface area contributed by atoms with Crippen molar-refractivity contribution in [2.75, 3.05) is 0 Å². The average molecular weight is 308 g/mol. The fourth-order valence-electron chi connectivity index (χ4n) is 3.06. The molecule has 0 spiro atoms. The molecule has 1 aromatic carbocycles. The van der Waals surface area contributed by atoms with Crippen molar-refractivity contribution in [1.29, 1.82) is 0 Å². The number of hydrogen-bond acceptors (Lipinski definition) is 2. The number of aryl methyl sites for hydroxylation is 1. The molecule has 0 fully saturated rings. The van der Waals surface area contributed by atoms with Crippen LogP contribution in [0, 0.1) is 5.82 Å². The van der Waals surface area contributed by atoms with E-state index >= 15 is 0 Å². The SMILES string of the molecule is CC(NC1CCCc2c1cnn2C)c1ccc(Cl)c(F)c1. The number of aromatic nitrogens is 2. The van der Waals surface area contributed by atoms with Gasteiger partial charge >= 0.3 is 0 Å². The first-order valence-electron chi connectivity index (χ1n) is 7.28. The number of hydrogen-bond donors (Lipinski definition) is 1. The highest BCUT2D eigenvalue weighted by Gasteiger charge is 2.24. The van der Waals surface area contributed by atoms with Crippen molar-refractivity contribution in [2.24, 2.45) is 7.05 Å². The van der Waals surface area contributed by atoms with Crippen LogP contribution in [0.5, 0.6) is 0 Å². The number of fused-ring (bicyclic) bond motifs is 1. The summed E-state index contributed by atoms with van der Waals surface area (Å²) in [5, 5.41) is 8.11. The molecule has 2 unspecified atom stereocenters. The van der Waals surface area contributed by atoms with Gasteiger partial charge in [-0.25, -0.2) is 4.39 Å². The van der Waals surface area contributed by atoms with Crippen LogP contribution in [0.1, 0.15) is 48.7 Å². The zero-order valence-electron chi connectivity index (χ0n) is 12.2. The molecule has 3 rings (SSSR count). The Hall–Kier alpha value is -1.39. The molecule has 1 aliphatic rings. The lowest BCUT2D eigenvalue weighted by Crippen LogP contribution is -2.27. The van der Waals surface area contributed by atoms with E-state index in [0.717, 1.165) is 24.8 Å². The lowest BCUT2D eigenvalue weighted by Gasteiger charge is -2.27. The Labute approximate surface area is 129 Å². The van der Waals surface area contributed by atoms with E-state index < -0.39 is 0 Å². The van der Waals surface area contributed by atoms with Gasteiger partial charge in [0, 0.05) is 30.4 Å². The van der Waals surface area contributed by atoms with Gasteiger partial charge in [-0.1, -0.05) is 17.7 Å². The van der Waals surface area contributed by atoms with E-state index in [2.05, 4.69) is 10.4 Å². The first kappa shape index (κ1) is 14.5. The van der Waals surface area contributed by atoms with Gasteiger partial charge in [0.25, 0.3) is 0 Å². The molecule has 0 saturated heterocycles. The van der Waals surface area contributed by atoms with Gasteiger partial charge in [0.15, 0.2) is 0 Å². The maximum atomic E-state index is 13.6. The zero-order valence-corrected chi connectivity index (χ0v) is 13.0. The minimum atomic E-state index is -0.367. The van der Waals surface area contributed by atoms with Crippen LogP contribution in [0.3, 0.4) is 0 Å². The Morgan fingerprint density at radius 1 is 1.48 bits per heavy atom. The predicted molar refractivity (Wildman–Crippen MR) is 81.8 cm³/mol. The molecule has 2 aromatic rings.